The third-order valence-corrected chi connectivity index (χ3v) is 11.9. The lowest BCUT2D eigenvalue weighted by atomic mass is 9.42. The molecule has 6 heteroatoms. The fourth-order valence-electron chi connectivity index (χ4n) is 4.21. The maximum Gasteiger partial charge on any atom is 0.319 e. The molecule has 0 spiro atoms. The Morgan fingerprint density at radius 2 is 1.71 bits per heavy atom. The molecule has 21 heavy (non-hydrogen) atoms. The van der Waals surface area contributed by atoms with Crippen LogP contribution < -0.4 is 0 Å². The molecule has 0 saturated carbocycles. The van der Waals surface area contributed by atoms with Crippen molar-refractivity contribution >= 4 is 27.0 Å². The molecule has 0 aromatic rings. The summed E-state index contributed by atoms with van der Waals surface area (Å²) in [6.45, 7) is 14.1. The van der Waals surface area contributed by atoms with Gasteiger partial charge >= 0.3 is 11.9 Å². The quantitative estimate of drug-likeness (QED) is 0.323. The number of rotatable bonds is 1. The molecular weight excluding hydrogens is 281 g/mol. The summed E-state index contributed by atoms with van der Waals surface area (Å²) in [4.78, 5) is 24.2. The van der Waals surface area contributed by atoms with E-state index in [4.69, 9.17) is 4.74 Å². The number of cyclic esters (lactones) is 2. The average molecular weight is 305 g/mol. The fraction of sp³-hybridized carbons (Fsp3) is 0.733. The first-order valence-electron chi connectivity index (χ1n) is 7.79. The Balaban J connectivity index is 2.06. The van der Waals surface area contributed by atoms with E-state index in [0.29, 0.717) is 6.85 Å². The Morgan fingerprint density at radius 1 is 1.14 bits per heavy atom. The Morgan fingerprint density at radius 3 is 2.29 bits per heavy atom. The largest absolute Gasteiger partial charge is 0.393 e. The normalized spacial score (nSPS) is 36.2. The van der Waals surface area contributed by atoms with Crippen molar-refractivity contribution in [2.24, 2.45) is 11.8 Å². The van der Waals surface area contributed by atoms with Crippen LogP contribution in [0.15, 0.2) is 12.2 Å². The monoisotopic (exact) mass is 305 g/mol. The molecule has 4 aliphatic rings. The van der Waals surface area contributed by atoms with Crippen LogP contribution in [0.5, 0.6) is 0 Å². The third-order valence-electron chi connectivity index (χ3n) is 6.24. The molecule has 4 nitrogen and oxygen atoms in total. The number of esters is 2. The molecule has 3 heterocycles. The van der Waals surface area contributed by atoms with Crippen molar-refractivity contribution in [1.82, 2.24) is 4.48 Å². The zero-order valence-corrected chi connectivity index (χ0v) is 14.7. The van der Waals surface area contributed by atoms with Crippen molar-refractivity contribution in [3.05, 3.63) is 12.2 Å². The van der Waals surface area contributed by atoms with Gasteiger partial charge in [-0.05, 0) is 10.9 Å². The van der Waals surface area contributed by atoms with E-state index in [2.05, 4.69) is 57.3 Å². The van der Waals surface area contributed by atoms with E-state index in [-0.39, 0.29) is 40.7 Å². The molecule has 3 aliphatic heterocycles. The zero-order valence-electron chi connectivity index (χ0n) is 13.7. The molecule has 0 amide bonds. The molecule has 4 rings (SSSR count). The van der Waals surface area contributed by atoms with Crippen molar-refractivity contribution in [2.75, 3.05) is 0 Å². The Bertz CT molecular complexity index is 540. The summed E-state index contributed by atoms with van der Waals surface area (Å²) in [6.07, 6.45) is 4.28. The second kappa shape index (κ2) is 4.32. The number of allylic oxidation sites excluding steroid dienone is 1. The van der Waals surface area contributed by atoms with E-state index in [9.17, 15) is 9.59 Å². The van der Waals surface area contributed by atoms with Gasteiger partial charge in [0.05, 0.1) is 11.8 Å². The summed E-state index contributed by atoms with van der Waals surface area (Å²) in [7, 11) is -1.77. The van der Waals surface area contributed by atoms with Gasteiger partial charge in [-0.15, -0.1) is 0 Å². The lowest BCUT2D eigenvalue weighted by Gasteiger charge is -2.59. The number of hydrogen-bond acceptors (Lipinski definition) is 4. The van der Waals surface area contributed by atoms with Gasteiger partial charge in [-0.2, -0.15) is 0 Å². The van der Waals surface area contributed by atoms with Crippen molar-refractivity contribution in [2.45, 2.75) is 57.6 Å². The van der Waals surface area contributed by atoms with E-state index in [1.165, 1.54) is 0 Å². The third kappa shape index (κ3) is 1.84. The van der Waals surface area contributed by atoms with Gasteiger partial charge in [0.15, 0.2) is 0 Å². The highest BCUT2D eigenvalue weighted by atomic mass is 28.3. The fourth-order valence-corrected chi connectivity index (χ4v) is 7.17. The van der Waals surface area contributed by atoms with Gasteiger partial charge in [0.25, 0.3) is 0 Å². The van der Waals surface area contributed by atoms with Crippen LogP contribution in [0.25, 0.3) is 0 Å². The van der Waals surface area contributed by atoms with Gasteiger partial charge in [-0.3, -0.25) is 9.59 Å². The van der Waals surface area contributed by atoms with Gasteiger partial charge < -0.3 is 9.21 Å². The van der Waals surface area contributed by atoms with Gasteiger partial charge in [-0.25, -0.2) is 0 Å². The zero-order chi connectivity index (χ0) is 15.7. The number of carbonyl (C=O) groups excluding carboxylic acids is 2. The minimum absolute atomic E-state index is 0.0230. The van der Waals surface area contributed by atoms with Crippen LogP contribution in [0.4, 0.5) is 0 Å². The van der Waals surface area contributed by atoms with Crippen LogP contribution in [0.2, 0.25) is 30.8 Å². The maximum atomic E-state index is 12.1. The molecule has 0 aromatic carbocycles. The predicted octanol–water partition coefficient (Wildman–Crippen LogP) is 2.55. The summed E-state index contributed by atoms with van der Waals surface area (Å²) in [6, 6.07) is 0.0230. The second-order valence-corrected chi connectivity index (χ2v) is 13.3. The van der Waals surface area contributed by atoms with E-state index >= 15 is 0 Å². The molecule has 2 bridgehead atoms. The van der Waals surface area contributed by atoms with Gasteiger partial charge in [0.1, 0.15) is 8.24 Å². The number of ether oxygens (including phenoxy) is 1. The summed E-state index contributed by atoms with van der Waals surface area (Å²) in [5, 5.41) is 0.203. The maximum absolute atomic E-state index is 12.1. The molecule has 0 N–H and O–H groups in total. The van der Waals surface area contributed by atoms with Gasteiger partial charge in [0, 0.05) is 6.04 Å². The first-order valence-corrected chi connectivity index (χ1v) is 10.7. The van der Waals surface area contributed by atoms with Crippen molar-refractivity contribution in [3.63, 3.8) is 0 Å². The number of fused-ring (bicyclic) bond motifs is 1. The SMILES string of the molecule is CB1C2C=CC(C3C(=O)OC(=O)C23)N1[Si](C)(C)C(C)(C)C. The van der Waals surface area contributed by atoms with Gasteiger partial charge in [0.2, 0.25) is 6.85 Å². The van der Waals surface area contributed by atoms with Crippen LogP contribution in [-0.4, -0.2) is 37.5 Å². The van der Waals surface area contributed by atoms with E-state index in [1.807, 2.05) is 0 Å². The molecule has 2 saturated heterocycles. The first kappa shape index (κ1) is 15.0. The number of hydrogen-bond donors (Lipinski definition) is 0. The predicted molar refractivity (Wildman–Crippen MR) is 85.4 cm³/mol. The van der Waals surface area contributed by atoms with Crippen LogP contribution in [0, 0.1) is 11.8 Å². The molecule has 0 radical (unpaired) electrons. The van der Waals surface area contributed by atoms with E-state index in [1.54, 1.807) is 0 Å². The standard InChI is InChI=1S/C15H24BNO3Si/c1-15(2,3)21(5,6)17-10-8-7-9(16(17)4)11-12(10)14(19)20-13(11)18/h7-12H,1-6H3. The van der Waals surface area contributed by atoms with Crippen molar-refractivity contribution in [3.8, 4) is 0 Å². The summed E-state index contributed by atoms with van der Waals surface area (Å²) in [5.41, 5.74) is 0. The van der Waals surface area contributed by atoms with Crippen LogP contribution >= 0.6 is 0 Å². The minimum Gasteiger partial charge on any atom is -0.393 e. The molecular formula is C15H24BNO3Si. The highest BCUT2D eigenvalue weighted by Crippen LogP contribution is 2.53. The Hall–Kier alpha value is -0.878. The summed E-state index contributed by atoms with van der Waals surface area (Å²) >= 11 is 0. The number of carbonyl (C=O) groups is 2. The van der Waals surface area contributed by atoms with Crippen LogP contribution in [0.1, 0.15) is 20.8 Å². The Labute approximate surface area is 128 Å². The van der Waals surface area contributed by atoms with Gasteiger partial charge in [-0.1, -0.05) is 52.8 Å². The lowest BCUT2D eigenvalue weighted by molar-refractivity contribution is -0.153. The molecule has 4 unspecified atom stereocenters. The number of nitrogens with zero attached hydrogens (tertiary/aromatic N) is 1. The topological polar surface area (TPSA) is 46.6 Å². The van der Waals surface area contributed by atoms with Crippen LogP contribution in [-0.2, 0) is 14.3 Å². The first-order chi connectivity index (χ1) is 9.57. The lowest BCUT2D eigenvalue weighted by Crippen LogP contribution is -2.71. The van der Waals surface area contributed by atoms with E-state index < -0.39 is 8.24 Å². The average Bonchev–Trinajstić information content (AvgIpc) is 2.65. The van der Waals surface area contributed by atoms with Crippen molar-refractivity contribution in [1.29, 1.82) is 0 Å². The van der Waals surface area contributed by atoms with E-state index in [0.717, 1.165) is 0 Å². The molecule has 0 aromatic heterocycles. The molecule has 1 aliphatic carbocycles. The second-order valence-electron chi connectivity index (χ2n) is 8.20. The molecule has 114 valence electrons. The van der Waals surface area contributed by atoms with Crippen LogP contribution in [0.3, 0.4) is 0 Å². The minimum atomic E-state index is -1.77. The summed E-state index contributed by atoms with van der Waals surface area (Å²) < 4.78 is 7.52. The summed E-state index contributed by atoms with van der Waals surface area (Å²) in [5.74, 6) is -1.08. The highest BCUT2D eigenvalue weighted by molar-refractivity contribution is 6.86. The Kier molecular flexibility index (Phi) is 3.09. The molecule has 4 atom stereocenters. The van der Waals surface area contributed by atoms with Crippen molar-refractivity contribution < 1.29 is 14.3 Å². The smallest absolute Gasteiger partial charge is 0.319 e. The molecule has 2 fully saturated rings. The highest BCUT2D eigenvalue weighted by Gasteiger charge is 2.63.